The van der Waals surface area contributed by atoms with E-state index in [9.17, 15) is 4.79 Å². The first-order valence-corrected chi connectivity index (χ1v) is 7.24. The molecule has 1 N–H and O–H groups in total. The predicted molar refractivity (Wildman–Crippen MR) is 75.1 cm³/mol. The molecule has 0 spiro atoms. The smallest absolute Gasteiger partial charge is 0.335 e. The van der Waals surface area contributed by atoms with Crippen molar-refractivity contribution in [3.8, 4) is 5.75 Å². The topological polar surface area (TPSA) is 46.5 Å². The first-order chi connectivity index (χ1) is 9.16. The summed E-state index contributed by atoms with van der Waals surface area (Å²) in [6, 6.07) is 4.64. The Hall–Kier alpha value is -1.22. The second-order valence-corrected chi connectivity index (χ2v) is 5.44. The van der Waals surface area contributed by atoms with Crippen molar-refractivity contribution >= 4 is 17.6 Å². The lowest BCUT2D eigenvalue weighted by Gasteiger charge is -2.22. The minimum absolute atomic E-state index is 0.190. The van der Waals surface area contributed by atoms with Crippen molar-refractivity contribution in [2.45, 2.75) is 51.0 Å². The Morgan fingerprint density at radius 2 is 1.79 bits per heavy atom. The molecule has 0 radical (unpaired) electrons. The van der Waals surface area contributed by atoms with Gasteiger partial charge < -0.3 is 9.84 Å². The van der Waals surface area contributed by atoms with Crippen LogP contribution in [-0.2, 0) is 0 Å². The lowest BCUT2D eigenvalue weighted by molar-refractivity contribution is 0.0697. The quantitative estimate of drug-likeness (QED) is 0.886. The van der Waals surface area contributed by atoms with Crippen LogP contribution in [0, 0.1) is 0 Å². The van der Waals surface area contributed by atoms with Crippen LogP contribution in [0.15, 0.2) is 18.2 Å². The summed E-state index contributed by atoms with van der Waals surface area (Å²) in [5.74, 6) is -0.378. The molecule has 1 aromatic rings. The molecular formula is C15H19ClO3. The zero-order valence-electron chi connectivity index (χ0n) is 10.9. The van der Waals surface area contributed by atoms with Gasteiger partial charge in [0.25, 0.3) is 0 Å². The monoisotopic (exact) mass is 282 g/mol. The maximum Gasteiger partial charge on any atom is 0.335 e. The molecule has 104 valence electrons. The van der Waals surface area contributed by atoms with Crippen molar-refractivity contribution in [1.82, 2.24) is 0 Å². The highest BCUT2D eigenvalue weighted by Gasteiger charge is 2.15. The van der Waals surface area contributed by atoms with Gasteiger partial charge in [-0.3, -0.25) is 0 Å². The normalized spacial score (nSPS) is 17.5. The average Bonchev–Trinajstić information content (AvgIpc) is 2.34. The summed E-state index contributed by atoms with van der Waals surface area (Å²) in [4.78, 5) is 10.8. The molecule has 2 rings (SSSR count). The van der Waals surface area contributed by atoms with E-state index in [-0.39, 0.29) is 11.7 Å². The number of hydrogen-bond donors (Lipinski definition) is 1. The van der Waals surface area contributed by atoms with Gasteiger partial charge in [-0.1, -0.05) is 30.9 Å². The number of ether oxygens (including phenoxy) is 1. The molecule has 1 saturated carbocycles. The third-order valence-electron chi connectivity index (χ3n) is 3.52. The zero-order valence-corrected chi connectivity index (χ0v) is 11.7. The Balaban J connectivity index is 2.03. The summed E-state index contributed by atoms with van der Waals surface area (Å²) in [5, 5.41) is 9.27. The van der Waals surface area contributed by atoms with Crippen molar-refractivity contribution in [2.75, 3.05) is 0 Å². The Morgan fingerprint density at radius 3 is 2.37 bits per heavy atom. The molecule has 4 heteroatoms. The van der Waals surface area contributed by atoms with E-state index in [0.29, 0.717) is 10.8 Å². The number of rotatable bonds is 3. The Labute approximate surface area is 118 Å². The van der Waals surface area contributed by atoms with Crippen molar-refractivity contribution in [3.63, 3.8) is 0 Å². The van der Waals surface area contributed by atoms with Gasteiger partial charge in [0.2, 0.25) is 0 Å². The van der Waals surface area contributed by atoms with Crippen molar-refractivity contribution in [2.24, 2.45) is 0 Å². The number of halogens is 1. The van der Waals surface area contributed by atoms with Crippen molar-refractivity contribution in [3.05, 3.63) is 28.8 Å². The third kappa shape index (κ3) is 4.13. The van der Waals surface area contributed by atoms with Crippen LogP contribution in [0.5, 0.6) is 5.75 Å². The van der Waals surface area contributed by atoms with Gasteiger partial charge in [0.05, 0.1) is 16.7 Å². The highest BCUT2D eigenvalue weighted by atomic mass is 35.5. The van der Waals surface area contributed by atoms with Crippen LogP contribution in [0.25, 0.3) is 0 Å². The fourth-order valence-electron chi connectivity index (χ4n) is 2.45. The molecule has 0 amide bonds. The van der Waals surface area contributed by atoms with E-state index in [2.05, 4.69) is 0 Å². The van der Waals surface area contributed by atoms with Crippen LogP contribution in [0.2, 0.25) is 5.02 Å². The van der Waals surface area contributed by atoms with E-state index in [0.717, 1.165) is 12.8 Å². The molecule has 1 aliphatic rings. The maximum atomic E-state index is 10.8. The standard InChI is InChI=1S/C15H19ClO3/c16-13-10-11(15(17)18)8-9-14(13)19-12-6-4-2-1-3-5-7-12/h8-10,12H,1-7H2,(H,17,18). The SMILES string of the molecule is O=C(O)c1ccc(OC2CCCCCCC2)c(Cl)c1. The zero-order chi connectivity index (χ0) is 13.7. The first-order valence-electron chi connectivity index (χ1n) is 6.86. The number of benzene rings is 1. The molecule has 0 heterocycles. The summed E-state index contributed by atoms with van der Waals surface area (Å²) in [5.41, 5.74) is 0.190. The third-order valence-corrected chi connectivity index (χ3v) is 3.82. The van der Waals surface area contributed by atoms with Crippen LogP contribution >= 0.6 is 11.6 Å². The van der Waals surface area contributed by atoms with Crippen molar-refractivity contribution < 1.29 is 14.6 Å². The van der Waals surface area contributed by atoms with E-state index in [1.807, 2.05) is 0 Å². The van der Waals surface area contributed by atoms with Gasteiger partial charge in [0.1, 0.15) is 5.75 Å². The Bertz CT molecular complexity index is 437. The minimum Gasteiger partial charge on any atom is -0.489 e. The largest absolute Gasteiger partial charge is 0.489 e. The lowest BCUT2D eigenvalue weighted by atomic mass is 9.98. The van der Waals surface area contributed by atoms with Gasteiger partial charge in [0.15, 0.2) is 0 Å². The number of carbonyl (C=O) groups is 1. The summed E-state index contributed by atoms with van der Waals surface area (Å²) in [7, 11) is 0. The van der Waals surface area contributed by atoms with Crippen LogP contribution in [0.1, 0.15) is 55.3 Å². The van der Waals surface area contributed by atoms with Gasteiger partial charge in [-0.15, -0.1) is 0 Å². The average molecular weight is 283 g/mol. The number of carboxylic acid groups (broad SMARTS) is 1. The molecule has 1 aliphatic carbocycles. The van der Waals surface area contributed by atoms with Crippen molar-refractivity contribution in [1.29, 1.82) is 0 Å². The molecule has 1 aromatic carbocycles. The van der Waals surface area contributed by atoms with Crippen LogP contribution in [0.3, 0.4) is 0 Å². The van der Waals surface area contributed by atoms with E-state index in [1.165, 1.54) is 44.2 Å². The molecule has 1 fully saturated rings. The molecule has 0 unspecified atom stereocenters. The highest BCUT2D eigenvalue weighted by molar-refractivity contribution is 6.32. The molecule has 0 aliphatic heterocycles. The first kappa shape index (κ1) is 14.2. The van der Waals surface area contributed by atoms with Crippen LogP contribution in [0.4, 0.5) is 0 Å². The Morgan fingerprint density at radius 1 is 1.16 bits per heavy atom. The van der Waals surface area contributed by atoms with Gasteiger partial charge in [-0.05, 0) is 43.9 Å². The van der Waals surface area contributed by atoms with Gasteiger partial charge >= 0.3 is 5.97 Å². The van der Waals surface area contributed by atoms with Gasteiger partial charge in [0, 0.05) is 0 Å². The van der Waals surface area contributed by atoms with E-state index < -0.39 is 5.97 Å². The minimum atomic E-state index is -0.973. The summed E-state index contributed by atoms with van der Waals surface area (Å²) >= 11 is 6.08. The number of hydrogen-bond acceptors (Lipinski definition) is 2. The van der Waals surface area contributed by atoms with Crippen LogP contribution in [-0.4, -0.2) is 17.2 Å². The summed E-state index contributed by atoms with van der Waals surface area (Å²) in [6.45, 7) is 0. The molecule has 0 atom stereocenters. The van der Waals surface area contributed by atoms with E-state index in [1.54, 1.807) is 6.07 Å². The molecule has 3 nitrogen and oxygen atoms in total. The maximum absolute atomic E-state index is 10.8. The second-order valence-electron chi connectivity index (χ2n) is 5.04. The van der Waals surface area contributed by atoms with E-state index >= 15 is 0 Å². The highest BCUT2D eigenvalue weighted by Crippen LogP contribution is 2.29. The molecule has 0 saturated heterocycles. The van der Waals surface area contributed by atoms with Crippen LogP contribution < -0.4 is 4.74 Å². The van der Waals surface area contributed by atoms with Gasteiger partial charge in [-0.2, -0.15) is 0 Å². The number of aromatic carboxylic acids is 1. The molecular weight excluding hydrogens is 264 g/mol. The second kappa shape index (κ2) is 6.80. The van der Waals surface area contributed by atoms with E-state index in [4.69, 9.17) is 21.4 Å². The Kier molecular flexibility index (Phi) is 5.08. The number of carboxylic acids is 1. The molecule has 0 bridgehead atoms. The fourth-order valence-corrected chi connectivity index (χ4v) is 2.67. The summed E-state index contributed by atoms with van der Waals surface area (Å²) in [6.07, 6.45) is 8.55. The molecule has 0 aromatic heterocycles. The fraction of sp³-hybridized carbons (Fsp3) is 0.533. The summed E-state index contributed by atoms with van der Waals surface area (Å²) < 4.78 is 5.93. The molecule has 19 heavy (non-hydrogen) atoms. The van der Waals surface area contributed by atoms with Gasteiger partial charge in [-0.25, -0.2) is 4.79 Å². The lowest BCUT2D eigenvalue weighted by Crippen LogP contribution is -2.18. The predicted octanol–water partition coefficient (Wildman–Crippen LogP) is 4.53.